The molecule has 1 aliphatic carbocycles. The number of carbonyl (C=O) groups excluding carboxylic acids is 1. The average molecular weight is 252 g/mol. The number of rotatable bonds is 3. The zero-order valence-electron chi connectivity index (χ0n) is 10.6. The second kappa shape index (κ2) is 5.10. The zero-order chi connectivity index (χ0) is 13.2. The third-order valence-electron chi connectivity index (χ3n) is 3.86. The van der Waals surface area contributed by atoms with Crippen LogP contribution in [0.2, 0.25) is 0 Å². The van der Waals surface area contributed by atoms with Gasteiger partial charge in [0.1, 0.15) is 0 Å². The van der Waals surface area contributed by atoms with E-state index in [1.54, 1.807) is 12.2 Å². The second-order valence-electron chi connectivity index (χ2n) is 5.49. The molecule has 18 heavy (non-hydrogen) atoms. The largest absolute Gasteiger partial charge is 0.481 e. The van der Waals surface area contributed by atoms with Gasteiger partial charge < -0.3 is 15.7 Å². The lowest BCUT2D eigenvalue weighted by atomic mass is 9.81. The highest BCUT2D eigenvalue weighted by Gasteiger charge is 2.36. The predicted molar refractivity (Wildman–Crippen MR) is 67.0 cm³/mol. The summed E-state index contributed by atoms with van der Waals surface area (Å²) in [4.78, 5) is 23.0. The van der Waals surface area contributed by atoms with Crippen molar-refractivity contribution in [1.29, 1.82) is 0 Å². The fraction of sp³-hybridized carbons (Fsp3) is 0.692. The van der Waals surface area contributed by atoms with E-state index in [0.717, 1.165) is 19.4 Å². The van der Waals surface area contributed by atoms with Crippen molar-refractivity contribution in [2.24, 2.45) is 11.3 Å². The summed E-state index contributed by atoms with van der Waals surface area (Å²) in [5.74, 6) is -1.27. The molecule has 0 saturated carbocycles. The van der Waals surface area contributed by atoms with Gasteiger partial charge in [-0.25, -0.2) is 0 Å². The Labute approximate surface area is 107 Å². The van der Waals surface area contributed by atoms with Crippen molar-refractivity contribution < 1.29 is 14.7 Å². The molecule has 0 aromatic carbocycles. The third-order valence-corrected chi connectivity index (χ3v) is 3.86. The maximum atomic E-state index is 12.2. The molecule has 0 aromatic rings. The number of carboxylic acid groups (broad SMARTS) is 1. The van der Waals surface area contributed by atoms with Gasteiger partial charge in [-0.2, -0.15) is 0 Å². The molecule has 3 unspecified atom stereocenters. The smallest absolute Gasteiger partial charge is 0.310 e. The lowest BCUT2D eigenvalue weighted by Crippen LogP contribution is -2.50. The fourth-order valence-electron chi connectivity index (χ4n) is 2.58. The van der Waals surface area contributed by atoms with Gasteiger partial charge in [0.15, 0.2) is 0 Å². The first-order chi connectivity index (χ1) is 8.51. The molecule has 100 valence electrons. The van der Waals surface area contributed by atoms with E-state index in [1.165, 1.54) is 0 Å². The third kappa shape index (κ3) is 2.72. The highest BCUT2D eigenvalue weighted by molar-refractivity contribution is 5.83. The molecule has 3 atom stereocenters. The Morgan fingerprint density at radius 3 is 2.78 bits per heavy atom. The molecular formula is C13H20N2O3. The Hall–Kier alpha value is -1.36. The predicted octanol–water partition coefficient (Wildman–Crippen LogP) is 0.522. The normalized spacial score (nSPS) is 35.4. The van der Waals surface area contributed by atoms with Crippen LogP contribution in [0.25, 0.3) is 0 Å². The molecule has 5 heteroatoms. The molecule has 0 bridgehead atoms. The number of nitrogens with one attached hydrogen (secondary N) is 2. The van der Waals surface area contributed by atoms with Gasteiger partial charge >= 0.3 is 5.97 Å². The van der Waals surface area contributed by atoms with Crippen molar-refractivity contribution in [3.05, 3.63) is 12.2 Å². The van der Waals surface area contributed by atoms with Crippen LogP contribution in [-0.2, 0) is 9.59 Å². The first-order valence-electron chi connectivity index (χ1n) is 6.44. The van der Waals surface area contributed by atoms with E-state index >= 15 is 0 Å². The summed E-state index contributed by atoms with van der Waals surface area (Å²) in [5, 5.41) is 15.1. The second-order valence-corrected chi connectivity index (χ2v) is 5.49. The first-order valence-corrected chi connectivity index (χ1v) is 6.44. The van der Waals surface area contributed by atoms with Gasteiger partial charge in [-0.3, -0.25) is 9.59 Å². The first kappa shape index (κ1) is 13.1. The average Bonchev–Trinajstić information content (AvgIpc) is 2.78. The van der Waals surface area contributed by atoms with Crippen LogP contribution in [0.5, 0.6) is 0 Å². The molecule has 1 aliphatic heterocycles. The van der Waals surface area contributed by atoms with Gasteiger partial charge in [0.05, 0.1) is 11.3 Å². The van der Waals surface area contributed by atoms with Gasteiger partial charge in [-0.1, -0.05) is 12.2 Å². The fourth-order valence-corrected chi connectivity index (χ4v) is 2.58. The van der Waals surface area contributed by atoms with E-state index in [9.17, 15) is 9.59 Å². The van der Waals surface area contributed by atoms with Crippen molar-refractivity contribution in [1.82, 2.24) is 10.6 Å². The summed E-state index contributed by atoms with van der Waals surface area (Å²) in [7, 11) is 0. The molecule has 0 aromatic heterocycles. The zero-order valence-corrected chi connectivity index (χ0v) is 10.6. The minimum atomic E-state index is -0.825. The molecule has 1 heterocycles. The lowest BCUT2D eigenvalue weighted by Gasteiger charge is -2.33. The Morgan fingerprint density at radius 2 is 2.22 bits per heavy atom. The van der Waals surface area contributed by atoms with Crippen LogP contribution in [0, 0.1) is 11.3 Å². The molecule has 1 saturated heterocycles. The van der Waals surface area contributed by atoms with E-state index in [1.807, 2.05) is 6.92 Å². The van der Waals surface area contributed by atoms with Crippen molar-refractivity contribution >= 4 is 11.9 Å². The van der Waals surface area contributed by atoms with Crippen LogP contribution in [-0.4, -0.2) is 36.1 Å². The summed E-state index contributed by atoms with van der Waals surface area (Å²) >= 11 is 0. The molecule has 2 aliphatic rings. The number of piperidine rings is 1. The van der Waals surface area contributed by atoms with Crippen LogP contribution in [0.1, 0.15) is 26.2 Å². The van der Waals surface area contributed by atoms with Gasteiger partial charge in [0, 0.05) is 12.6 Å². The van der Waals surface area contributed by atoms with Crippen LogP contribution in [0.15, 0.2) is 12.2 Å². The van der Waals surface area contributed by atoms with Crippen molar-refractivity contribution in [3.8, 4) is 0 Å². The molecule has 5 nitrogen and oxygen atoms in total. The highest BCUT2D eigenvalue weighted by Crippen LogP contribution is 2.27. The van der Waals surface area contributed by atoms with E-state index in [0.29, 0.717) is 13.0 Å². The lowest BCUT2D eigenvalue weighted by molar-refractivity contribution is -0.140. The summed E-state index contributed by atoms with van der Waals surface area (Å²) in [6.45, 7) is 3.62. The SMILES string of the molecule is CC1(C(=O)NC2C=CC(C(=O)O)C2)CCCNC1. The van der Waals surface area contributed by atoms with Crippen molar-refractivity contribution in [2.45, 2.75) is 32.2 Å². The molecule has 0 spiro atoms. The molecule has 1 fully saturated rings. The number of amides is 1. The molecule has 1 amide bonds. The number of aliphatic carboxylic acids is 1. The van der Waals surface area contributed by atoms with Gasteiger partial charge in [0.25, 0.3) is 0 Å². The summed E-state index contributed by atoms with van der Waals surface area (Å²) in [6, 6.07) is -0.141. The van der Waals surface area contributed by atoms with Crippen LogP contribution < -0.4 is 10.6 Å². The van der Waals surface area contributed by atoms with E-state index in [-0.39, 0.29) is 17.4 Å². The van der Waals surface area contributed by atoms with Gasteiger partial charge in [0.2, 0.25) is 5.91 Å². The van der Waals surface area contributed by atoms with E-state index in [2.05, 4.69) is 10.6 Å². The van der Waals surface area contributed by atoms with Crippen LogP contribution >= 0.6 is 0 Å². The Kier molecular flexibility index (Phi) is 3.71. The number of hydrogen-bond donors (Lipinski definition) is 3. The van der Waals surface area contributed by atoms with Gasteiger partial charge in [-0.15, -0.1) is 0 Å². The van der Waals surface area contributed by atoms with Crippen molar-refractivity contribution in [2.75, 3.05) is 13.1 Å². The minimum absolute atomic E-state index is 0.0235. The maximum Gasteiger partial charge on any atom is 0.310 e. The molecule has 3 N–H and O–H groups in total. The van der Waals surface area contributed by atoms with Crippen LogP contribution in [0.4, 0.5) is 0 Å². The Morgan fingerprint density at radius 1 is 1.44 bits per heavy atom. The highest BCUT2D eigenvalue weighted by atomic mass is 16.4. The monoisotopic (exact) mass is 252 g/mol. The summed E-state index contributed by atoms with van der Waals surface area (Å²) < 4.78 is 0. The number of hydrogen-bond acceptors (Lipinski definition) is 3. The van der Waals surface area contributed by atoms with Crippen molar-refractivity contribution in [3.63, 3.8) is 0 Å². The summed E-state index contributed by atoms with van der Waals surface area (Å²) in [6.07, 6.45) is 5.79. The minimum Gasteiger partial charge on any atom is -0.481 e. The topological polar surface area (TPSA) is 78.4 Å². The van der Waals surface area contributed by atoms with Crippen LogP contribution in [0.3, 0.4) is 0 Å². The molecule has 0 radical (unpaired) electrons. The maximum absolute atomic E-state index is 12.2. The quantitative estimate of drug-likeness (QED) is 0.640. The standard InChI is InChI=1S/C13H20N2O3/c1-13(5-2-6-14-8-13)12(18)15-10-4-3-9(7-10)11(16)17/h3-4,9-10,14H,2,5-8H2,1H3,(H,15,18)(H,16,17). The number of carboxylic acids is 1. The Bertz CT molecular complexity index is 372. The number of carbonyl (C=O) groups is 2. The Balaban J connectivity index is 1.89. The van der Waals surface area contributed by atoms with Gasteiger partial charge in [-0.05, 0) is 32.7 Å². The molecule has 2 rings (SSSR count). The van der Waals surface area contributed by atoms with E-state index < -0.39 is 11.9 Å². The molecular weight excluding hydrogens is 232 g/mol. The summed E-state index contributed by atoms with van der Waals surface area (Å²) in [5.41, 5.74) is -0.368. The van der Waals surface area contributed by atoms with E-state index in [4.69, 9.17) is 5.11 Å².